The van der Waals surface area contributed by atoms with Crippen molar-refractivity contribution < 1.29 is 51.6 Å². The molecule has 10 nitrogen and oxygen atoms in total. The molecule has 2 atom stereocenters. The smallest absolute Gasteiger partial charge is 0.475 e. The molecule has 1 aliphatic rings. The van der Waals surface area contributed by atoms with Gasteiger partial charge in [0.1, 0.15) is 18.5 Å². The van der Waals surface area contributed by atoms with Crippen molar-refractivity contribution >= 4 is 29.8 Å². The normalized spacial score (nSPS) is 16.1. The Kier molecular flexibility index (Phi) is 7.78. The number of benzene rings is 1. The first kappa shape index (κ1) is 25.0. The maximum Gasteiger partial charge on any atom is 0.511 e. The Labute approximate surface area is 183 Å². The van der Waals surface area contributed by atoms with Gasteiger partial charge in [-0.1, -0.05) is 11.6 Å². The number of carbonyl (C=O) groups excluding carboxylic acids is 2. The zero-order valence-electron chi connectivity index (χ0n) is 16.9. The van der Waals surface area contributed by atoms with Crippen LogP contribution < -0.4 is 4.74 Å². The molecule has 14 heteroatoms. The summed E-state index contributed by atoms with van der Waals surface area (Å²) in [6.07, 6.45) is -9.08. The van der Waals surface area contributed by atoms with Crippen LogP contribution in [0.3, 0.4) is 0 Å². The molecule has 0 aliphatic carbocycles. The minimum Gasteiger partial charge on any atom is -0.475 e. The number of rotatable bonds is 7. The SMILES string of the molecule is Cc1cc2c(c(C)c1Cl)C=C(C(=O)OCOC(=O)O[C@@H](C)CO[N+](=O)[O-])[C@@H](C(F)(F)F)O2. The van der Waals surface area contributed by atoms with Gasteiger partial charge in [0.2, 0.25) is 12.9 Å². The first-order valence-corrected chi connectivity index (χ1v) is 9.21. The first-order valence-electron chi connectivity index (χ1n) is 8.83. The highest BCUT2D eigenvalue weighted by molar-refractivity contribution is 6.32. The van der Waals surface area contributed by atoms with Crippen molar-refractivity contribution in [3.8, 4) is 5.75 Å². The van der Waals surface area contributed by atoms with Gasteiger partial charge in [0.05, 0.1) is 5.57 Å². The molecular formula is C18H17ClF3NO9. The van der Waals surface area contributed by atoms with Crippen molar-refractivity contribution in [1.29, 1.82) is 0 Å². The van der Waals surface area contributed by atoms with Crippen LogP contribution in [-0.4, -0.2) is 49.0 Å². The highest BCUT2D eigenvalue weighted by atomic mass is 35.5. The molecule has 0 saturated heterocycles. The Morgan fingerprint density at radius 1 is 1.31 bits per heavy atom. The fraction of sp³-hybridized carbons (Fsp3) is 0.444. The number of alkyl halides is 3. The predicted octanol–water partition coefficient (Wildman–Crippen LogP) is 3.91. The van der Waals surface area contributed by atoms with Crippen LogP contribution in [0, 0.1) is 24.0 Å². The summed E-state index contributed by atoms with van der Waals surface area (Å²) in [4.78, 5) is 37.8. The molecule has 1 aromatic carbocycles. The van der Waals surface area contributed by atoms with E-state index in [1.54, 1.807) is 13.8 Å². The van der Waals surface area contributed by atoms with Crippen molar-refractivity contribution in [3.63, 3.8) is 0 Å². The molecule has 1 aromatic rings. The molecule has 0 amide bonds. The fourth-order valence-electron chi connectivity index (χ4n) is 2.66. The van der Waals surface area contributed by atoms with Gasteiger partial charge in [-0.25, -0.2) is 9.59 Å². The molecule has 0 fully saturated rings. The molecule has 0 saturated carbocycles. The largest absolute Gasteiger partial charge is 0.511 e. The summed E-state index contributed by atoms with van der Waals surface area (Å²) in [5.74, 6) is -1.55. The van der Waals surface area contributed by atoms with E-state index < -0.39 is 54.6 Å². The third-order valence-electron chi connectivity index (χ3n) is 4.13. The van der Waals surface area contributed by atoms with Crippen molar-refractivity contribution in [2.45, 2.75) is 39.2 Å². The fourth-order valence-corrected chi connectivity index (χ4v) is 2.81. The van der Waals surface area contributed by atoms with E-state index in [0.29, 0.717) is 16.1 Å². The minimum atomic E-state index is -4.95. The monoisotopic (exact) mass is 483 g/mol. The maximum absolute atomic E-state index is 13.5. The van der Waals surface area contributed by atoms with Gasteiger partial charge in [-0.05, 0) is 44.0 Å². The average Bonchev–Trinajstić information content (AvgIpc) is 2.69. The molecule has 1 aliphatic heterocycles. The number of fused-ring (bicyclic) bond motifs is 1. The van der Waals surface area contributed by atoms with E-state index in [2.05, 4.69) is 19.0 Å². The topological polar surface area (TPSA) is 123 Å². The Hall–Kier alpha value is -3.22. The standard InChI is InChI=1S/C18H17ClF3NO9/c1-8-4-13-11(10(3)14(8)19)5-12(15(32-13)18(20,21)22)16(24)28-7-29-17(25)31-9(2)6-30-23(26)27/h4-5,9,15H,6-7H2,1-3H3/t9-,15-/m0/s1. The van der Waals surface area contributed by atoms with E-state index in [-0.39, 0.29) is 11.3 Å². The quantitative estimate of drug-likeness (QED) is 0.245. The number of carbonyl (C=O) groups is 2. The lowest BCUT2D eigenvalue weighted by molar-refractivity contribution is -0.759. The summed E-state index contributed by atoms with van der Waals surface area (Å²) in [7, 11) is 0. The second-order valence-electron chi connectivity index (χ2n) is 6.58. The number of halogens is 4. The maximum atomic E-state index is 13.5. The third-order valence-corrected chi connectivity index (χ3v) is 4.71. The molecule has 32 heavy (non-hydrogen) atoms. The molecule has 2 rings (SSSR count). The summed E-state index contributed by atoms with van der Waals surface area (Å²) in [5, 5.41) is 9.26. The highest BCUT2D eigenvalue weighted by Crippen LogP contribution is 2.41. The number of hydrogen-bond donors (Lipinski definition) is 0. The van der Waals surface area contributed by atoms with E-state index in [0.717, 1.165) is 6.08 Å². The van der Waals surface area contributed by atoms with Crippen molar-refractivity contribution in [3.05, 3.63) is 43.5 Å². The van der Waals surface area contributed by atoms with Gasteiger partial charge in [0.15, 0.2) is 0 Å². The lowest BCUT2D eigenvalue weighted by Gasteiger charge is -2.29. The van der Waals surface area contributed by atoms with Crippen LogP contribution in [0.5, 0.6) is 5.75 Å². The summed E-state index contributed by atoms with van der Waals surface area (Å²) >= 11 is 6.13. The van der Waals surface area contributed by atoms with Gasteiger partial charge in [-0.15, -0.1) is 10.1 Å². The zero-order chi connectivity index (χ0) is 24.2. The second-order valence-corrected chi connectivity index (χ2v) is 6.95. The first-order chi connectivity index (χ1) is 14.8. The number of hydrogen-bond acceptors (Lipinski definition) is 9. The second kappa shape index (κ2) is 9.94. The van der Waals surface area contributed by atoms with E-state index in [4.69, 9.17) is 16.3 Å². The van der Waals surface area contributed by atoms with E-state index in [1.165, 1.54) is 13.0 Å². The Morgan fingerprint density at radius 2 is 1.97 bits per heavy atom. The molecule has 0 N–H and O–H groups in total. The van der Waals surface area contributed by atoms with E-state index in [1.807, 2.05) is 0 Å². The van der Waals surface area contributed by atoms with Crippen LogP contribution in [0.1, 0.15) is 23.6 Å². The van der Waals surface area contributed by atoms with Gasteiger partial charge in [-0.3, -0.25) is 0 Å². The minimum absolute atomic E-state index is 0.103. The lowest BCUT2D eigenvalue weighted by atomic mass is 9.96. The molecule has 0 unspecified atom stereocenters. The van der Waals surface area contributed by atoms with Gasteiger partial charge in [0.25, 0.3) is 5.09 Å². The third kappa shape index (κ3) is 6.15. The van der Waals surface area contributed by atoms with Crippen molar-refractivity contribution in [2.24, 2.45) is 0 Å². The van der Waals surface area contributed by atoms with Gasteiger partial charge >= 0.3 is 18.3 Å². The lowest BCUT2D eigenvalue weighted by Crippen LogP contribution is -2.41. The molecular weight excluding hydrogens is 467 g/mol. The predicted molar refractivity (Wildman–Crippen MR) is 100 cm³/mol. The molecule has 0 spiro atoms. The van der Waals surface area contributed by atoms with Gasteiger partial charge in [0, 0.05) is 10.6 Å². The molecule has 0 aromatic heterocycles. The zero-order valence-corrected chi connectivity index (χ0v) is 17.6. The summed E-state index contributed by atoms with van der Waals surface area (Å²) in [5.41, 5.74) is 0.192. The number of ether oxygens (including phenoxy) is 4. The van der Waals surface area contributed by atoms with Crippen LogP contribution in [-0.2, 0) is 23.8 Å². The number of nitrogens with zero attached hydrogens (tertiary/aromatic N) is 1. The average molecular weight is 484 g/mol. The van der Waals surface area contributed by atoms with Gasteiger partial charge in [-0.2, -0.15) is 13.2 Å². The van der Waals surface area contributed by atoms with Crippen LogP contribution >= 0.6 is 11.6 Å². The Bertz CT molecular complexity index is 949. The van der Waals surface area contributed by atoms with Crippen molar-refractivity contribution in [2.75, 3.05) is 13.4 Å². The van der Waals surface area contributed by atoms with Crippen molar-refractivity contribution in [1.82, 2.24) is 0 Å². The molecule has 176 valence electrons. The van der Waals surface area contributed by atoms with Crippen LogP contribution in [0.4, 0.5) is 18.0 Å². The van der Waals surface area contributed by atoms with Gasteiger partial charge < -0.3 is 23.8 Å². The molecule has 0 radical (unpaired) electrons. The summed E-state index contributed by atoms with van der Waals surface area (Å²) in [6, 6.07) is 1.32. The van der Waals surface area contributed by atoms with Crippen LogP contribution in [0.15, 0.2) is 11.6 Å². The number of aryl methyl sites for hydroxylation is 1. The van der Waals surface area contributed by atoms with E-state index >= 15 is 0 Å². The highest BCUT2D eigenvalue weighted by Gasteiger charge is 2.49. The number of esters is 1. The van der Waals surface area contributed by atoms with E-state index in [9.17, 15) is 32.9 Å². The van der Waals surface area contributed by atoms with Crippen LogP contribution in [0.25, 0.3) is 6.08 Å². The molecule has 1 heterocycles. The Morgan fingerprint density at radius 3 is 2.56 bits per heavy atom. The molecule has 0 bridgehead atoms. The summed E-state index contributed by atoms with van der Waals surface area (Å²) < 4.78 is 59.1. The summed E-state index contributed by atoms with van der Waals surface area (Å²) in [6.45, 7) is 2.73. The van der Waals surface area contributed by atoms with Crippen LogP contribution in [0.2, 0.25) is 5.02 Å². The Balaban J connectivity index is 2.09.